The SMILES string of the molecule is CCCCCCCC/C=C\CCCCCCCCCCCC(=O)OC(COC(=O)CCCCCCCCC/C=C\CCCCCCCCC)COC(=O)CCCCCCCCCCCCCCCCCCCCCCCCCCCCCC. The van der Waals surface area contributed by atoms with Crippen molar-refractivity contribution in [1.82, 2.24) is 0 Å². The van der Waals surface area contributed by atoms with Crippen molar-refractivity contribution in [3.8, 4) is 0 Å². The summed E-state index contributed by atoms with van der Waals surface area (Å²) in [5, 5.41) is 0. The molecule has 0 aliphatic rings. The second kappa shape index (κ2) is 72.4. The molecule has 0 aliphatic carbocycles. The maximum atomic E-state index is 13.0. The van der Waals surface area contributed by atoms with E-state index in [1.54, 1.807) is 0 Å². The van der Waals surface area contributed by atoms with Crippen LogP contribution in [0.3, 0.4) is 0 Å². The van der Waals surface area contributed by atoms with Crippen molar-refractivity contribution >= 4 is 17.9 Å². The second-order valence-electron chi connectivity index (χ2n) is 25.9. The first kappa shape index (κ1) is 80.9. The maximum Gasteiger partial charge on any atom is 0.306 e. The molecule has 0 saturated heterocycles. The van der Waals surface area contributed by atoms with Gasteiger partial charge in [-0.3, -0.25) is 14.4 Å². The zero-order chi connectivity index (χ0) is 59.9. The van der Waals surface area contributed by atoms with Gasteiger partial charge in [-0.1, -0.05) is 366 Å². The molecule has 0 aromatic carbocycles. The molecule has 0 saturated carbocycles. The van der Waals surface area contributed by atoms with Crippen molar-refractivity contribution in [2.75, 3.05) is 13.2 Å². The fourth-order valence-electron chi connectivity index (χ4n) is 11.7. The van der Waals surface area contributed by atoms with Crippen LogP contribution >= 0.6 is 0 Å². The predicted molar refractivity (Wildman–Crippen MR) is 363 cm³/mol. The summed E-state index contributed by atoms with van der Waals surface area (Å²) in [6.45, 7) is 6.72. The summed E-state index contributed by atoms with van der Waals surface area (Å²) in [4.78, 5) is 38.5. The molecule has 1 unspecified atom stereocenters. The molecule has 0 bridgehead atoms. The summed E-state index contributed by atoms with van der Waals surface area (Å²) in [5.41, 5.74) is 0. The largest absolute Gasteiger partial charge is 0.462 e. The highest BCUT2D eigenvalue weighted by atomic mass is 16.6. The van der Waals surface area contributed by atoms with Gasteiger partial charge in [0.15, 0.2) is 6.10 Å². The molecule has 0 heterocycles. The van der Waals surface area contributed by atoms with E-state index in [2.05, 4.69) is 45.1 Å². The lowest BCUT2D eigenvalue weighted by atomic mass is 10.0. The van der Waals surface area contributed by atoms with Gasteiger partial charge in [-0.05, 0) is 70.6 Å². The Hall–Kier alpha value is -2.11. The first-order valence-corrected chi connectivity index (χ1v) is 37.8. The molecule has 0 aromatic heterocycles. The van der Waals surface area contributed by atoms with E-state index >= 15 is 0 Å². The molecule has 0 aliphatic heterocycles. The molecule has 0 amide bonds. The van der Waals surface area contributed by atoms with E-state index in [9.17, 15) is 14.4 Å². The third kappa shape index (κ3) is 70.5. The van der Waals surface area contributed by atoms with Gasteiger partial charge in [0.2, 0.25) is 0 Å². The number of carbonyl (C=O) groups excluding carboxylic acids is 3. The molecule has 0 N–H and O–H groups in total. The highest BCUT2D eigenvalue weighted by Gasteiger charge is 2.20. The fraction of sp³-hybridized carbons (Fsp3) is 0.909. The number of allylic oxidation sites excluding steroid dienone is 4. The first-order chi connectivity index (χ1) is 41.0. The summed E-state index contributed by atoms with van der Waals surface area (Å²) in [7, 11) is 0. The van der Waals surface area contributed by atoms with Gasteiger partial charge in [0.1, 0.15) is 13.2 Å². The van der Waals surface area contributed by atoms with E-state index in [-0.39, 0.29) is 31.1 Å². The lowest BCUT2D eigenvalue weighted by Gasteiger charge is -2.18. The summed E-state index contributed by atoms with van der Waals surface area (Å²) in [5.74, 6) is -0.839. The molecule has 0 rings (SSSR count). The molecule has 0 aromatic rings. The quantitative estimate of drug-likeness (QED) is 0.0261. The van der Waals surface area contributed by atoms with Gasteiger partial charge >= 0.3 is 17.9 Å². The van der Waals surface area contributed by atoms with E-state index in [1.165, 1.54) is 334 Å². The Balaban J connectivity index is 4.23. The Morgan fingerprint density at radius 1 is 0.229 bits per heavy atom. The van der Waals surface area contributed by atoms with Gasteiger partial charge in [-0.15, -0.1) is 0 Å². The van der Waals surface area contributed by atoms with Crippen LogP contribution in [0.5, 0.6) is 0 Å². The van der Waals surface area contributed by atoms with Gasteiger partial charge in [0, 0.05) is 19.3 Å². The van der Waals surface area contributed by atoms with E-state index in [0.717, 1.165) is 57.8 Å². The van der Waals surface area contributed by atoms with E-state index in [4.69, 9.17) is 14.2 Å². The van der Waals surface area contributed by atoms with Crippen LogP contribution in [0, 0.1) is 0 Å². The summed E-state index contributed by atoms with van der Waals surface area (Å²) < 4.78 is 17.0. The van der Waals surface area contributed by atoms with Crippen LogP contribution in [0.4, 0.5) is 0 Å². The van der Waals surface area contributed by atoms with Crippen LogP contribution in [0.15, 0.2) is 24.3 Å². The third-order valence-electron chi connectivity index (χ3n) is 17.4. The monoisotopic (exact) mass is 1170 g/mol. The van der Waals surface area contributed by atoms with Gasteiger partial charge in [0.05, 0.1) is 0 Å². The standard InChI is InChI=1S/C77H146O6/c1-4-7-10-13-16-19-22-25-28-31-34-35-36-37-38-39-40-41-42-44-46-49-52-55-58-61-64-67-70-76(79)82-73-74(72-81-75(78)69-66-63-60-57-54-51-48-45-33-30-27-24-21-18-15-12-9-6-3)83-77(80)71-68-65-62-59-56-53-50-47-43-32-29-26-23-20-17-14-11-8-5-2/h26,29-30,33,74H,4-25,27-28,31-32,34-73H2,1-3H3/b29-26-,33-30-. The highest BCUT2D eigenvalue weighted by Crippen LogP contribution is 2.19. The highest BCUT2D eigenvalue weighted by molar-refractivity contribution is 5.71. The minimum Gasteiger partial charge on any atom is -0.462 e. The molecule has 1 atom stereocenters. The minimum absolute atomic E-state index is 0.0676. The lowest BCUT2D eigenvalue weighted by molar-refractivity contribution is -0.167. The first-order valence-electron chi connectivity index (χ1n) is 37.8. The summed E-state index contributed by atoms with van der Waals surface area (Å²) in [6.07, 6.45) is 89.4. The van der Waals surface area contributed by atoms with Crippen molar-refractivity contribution in [2.45, 2.75) is 438 Å². The van der Waals surface area contributed by atoms with Crippen LogP contribution in [-0.2, 0) is 28.6 Å². The Kier molecular flexibility index (Phi) is 70.5. The Labute approximate surface area is 519 Å². The zero-order valence-electron chi connectivity index (χ0n) is 56.5. The molecule has 490 valence electrons. The minimum atomic E-state index is -0.773. The topological polar surface area (TPSA) is 78.9 Å². The number of hydrogen-bond donors (Lipinski definition) is 0. The summed E-state index contributed by atoms with van der Waals surface area (Å²) in [6, 6.07) is 0. The van der Waals surface area contributed by atoms with E-state index in [1.807, 2.05) is 0 Å². The number of hydrogen-bond acceptors (Lipinski definition) is 6. The van der Waals surface area contributed by atoms with Crippen molar-refractivity contribution < 1.29 is 28.6 Å². The Bertz CT molecular complexity index is 1340. The summed E-state index contributed by atoms with van der Waals surface area (Å²) >= 11 is 0. The van der Waals surface area contributed by atoms with Crippen LogP contribution < -0.4 is 0 Å². The number of ether oxygens (including phenoxy) is 3. The Morgan fingerprint density at radius 2 is 0.398 bits per heavy atom. The maximum absolute atomic E-state index is 13.0. The molecule has 6 nitrogen and oxygen atoms in total. The van der Waals surface area contributed by atoms with Crippen molar-refractivity contribution in [3.63, 3.8) is 0 Å². The molecular weight excluding hydrogens is 1020 g/mol. The molecule has 0 radical (unpaired) electrons. The van der Waals surface area contributed by atoms with Gasteiger partial charge in [0.25, 0.3) is 0 Å². The van der Waals surface area contributed by atoms with Crippen molar-refractivity contribution in [3.05, 3.63) is 24.3 Å². The van der Waals surface area contributed by atoms with Crippen LogP contribution in [0.2, 0.25) is 0 Å². The smallest absolute Gasteiger partial charge is 0.306 e. The van der Waals surface area contributed by atoms with Crippen LogP contribution in [-0.4, -0.2) is 37.2 Å². The molecule has 6 heteroatoms. The number of carbonyl (C=O) groups is 3. The van der Waals surface area contributed by atoms with Crippen molar-refractivity contribution in [2.24, 2.45) is 0 Å². The molecule has 83 heavy (non-hydrogen) atoms. The van der Waals surface area contributed by atoms with E-state index in [0.29, 0.717) is 19.3 Å². The molecular formula is C77H146O6. The zero-order valence-corrected chi connectivity index (χ0v) is 56.5. The second-order valence-corrected chi connectivity index (χ2v) is 25.9. The Morgan fingerprint density at radius 3 is 0.602 bits per heavy atom. The lowest BCUT2D eigenvalue weighted by Crippen LogP contribution is -2.30. The van der Waals surface area contributed by atoms with Crippen LogP contribution in [0.1, 0.15) is 432 Å². The number of unbranched alkanes of at least 4 members (excludes halogenated alkanes) is 56. The number of rotatable bonds is 71. The van der Waals surface area contributed by atoms with Gasteiger partial charge in [-0.25, -0.2) is 0 Å². The third-order valence-corrected chi connectivity index (χ3v) is 17.4. The number of esters is 3. The van der Waals surface area contributed by atoms with Gasteiger partial charge in [-0.2, -0.15) is 0 Å². The molecule has 0 spiro atoms. The van der Waals surface area contributed by atoms with Crippen molar-refractivity contribution in [1.29, 1.82) is 0 Å². The predicted octanol–water partition coefficient (Wildman–Crippen LogP) is 26.1. The normalized spacial score (nSPS) is 12.1. The fourth-order valence-corrected chi connectivity index (χ4v) is 11.7. The average molecular weight is 1170 g/mol. The van der Waals surface area contributed by atoms with Gasteiger partial charge < -0.3 is 14.2 Å². The van der Waals surface area contributed by atoms with E-state index < -0.39 is 6.10 Å². The average Bonchev–Trinajstić information content (AvgIpc) is 3.50. The molecule has 0 fully saturated rings. The van der Waals surface area contributed by atoms with Crippen LogP contribution in [0.25, 0.3) is 0 Å².